The quantitative estimate of drug-likeness (QED) is 0.381. The summed E-state index contributed by atoms with van der Waals surface area (Å²) in [5.41, 5.74) is 1.37. The lowest BCUT2D eigenvalue weighted by atomic mass is 10.1. The van der Waals surface area contributed by atoms with Crippen LogP contribution in [0.2, 0.25) is 0 Å². The Balaban J connectivity index is 1.83. The number of para-hydroxylation sites is 1. The second kappa shape index (κ2) is 9.48. The fraction of sp³-hybridized carbons (Fsp3) is 0.182. The molecule has 0 atom stereocenters. The van der Waals surface area contributed by atoms with Crippen molar-refractivity contribution in [3.8, 4) is 5.75 Å². The van der Waals surface area contributed by atoms with E-state index in [4.69, 9.17) is 0 Å². The first-order chi connectivity index (χ1) is 14.8. The number of sulfonamides is 1. The predicted molar refractivity (Wildman–Crippen MR) is 120 cm³/mol. The molecule has 9 heteroatoms. The van der Waals surface area contributed by atoms with Gasteiger partial charge in [0.15, 0.2) is 0 Å². The summed E-state index contributed by atoms with van der Waals surface area (Å²) in [5, 5.41) is 23.9. The Morgan fingerprint density at radius 2 is 1.71 bits per heavy atom. The molecule has 3 aromatic rings. The highest BCUT2D eigenvalue weighted by Gasteiger charge is 2.27. The van der Waals surface area contributed by atoms with Crippen LogP contribution >= 0.6 is 0 Å². The molecule has 0 fully saturated rings. The van der Waals surface area contributed by atoms with Gasteiger partial charge in [-0.2, -0.15) is 0 Å². The molecule has 0 aromatic heterocycles. The summed E-state index contributed by atoms with van der Waals surface area (Å²) in [7, 11) is -3.97. The van der Waals surface area contributed by atoms with Gasteiger partial charge in [-0.3, -0.25) is 14.4 Å². The Hall–Kier alpha value is -3.59. The molecular weight excluding hydrogens is 418 g/mol. The number of nitrogens with one attached hydrogen (secondary N) is 1. The van der Waals surface area contributed by atoms with Gasteiger partial charge in [0.25, 0.3) is 15.7 Å². The molecule has 2 N–H and O–H groups in total. The van der Waals surface area contributed by atoms with Crippen molar-refractivity contribution in [3.63, 3.8) is 0 Å². The van der Waals surface area contributed by atoms with Gasteiger partial charge in [-0.05, 0) is 55.3 Å². The number of nitrogens with zero attached hydrogens (tertiary/aromatic N) is 2. The van der Waals surface area contributed by atoms with E-state index in [9.17, 15) is 23.6 Å². The standard InChI is InChI=1S/C22H23N3O5S/c1-2-24(18-6-4-3-5-7-18)31(29,30)20-12-13-21(22(16-20)25(27)28)23-15-14-17-8-10-19(26)11-9-17/h3-13,16,23,26H,2,14-15H2,1H3. The van der Waals surface area contributed by atoms with Crippen molar-refractivity contribution >= 4 is 27.1 Å². The van der Waals surface area contributed by atoms with Gasteiger partial charge in [0.2, 0.25) is 0 Å². The van der Waals surface area contributed by atoms with Gasteiger partial charge >= 0.3 is 0 Å². The zero-order valence-corrected chi connectivity index (χ0v) is 17.7. The van der Waals surface area contributed by atoms with Gasteiger partial charge < -0.3 is 10.4 Å². The van der Waals surface area contributed by atoms with Crippen molar-refractivity contribution in [2.45, 2.75) is 18.2 Å². The van der Waals surface area contributed by atoms with Crippen LogP contribution in [0.25, 0.3) is 0 Å². The molecule has 31 heavy (non-hydrogen) atoms. The number of aromatic hydroxyl groups is 1. The highest BCUT2D eigenvalue weighted by atomic mass is 32.2. The van der Waals surface area contributed by atoms with Crippen LogP contribution in [0.1, 0.15) is 12.5 Å². The van der Waals surface area contributed by atoms with Crippen molar-refractivity contribution in [2.75, 3.05) is 22.7 Å². The van der Waals surface area contributed by atoms with E-state index in [1.165, 1.54) is 16.4 Å². The lowest BCUT2D eigenvalue weighted by Crippen LogP contribution is -2.30. The molecule has 0 heterocycles. The van der Waals surface area contributed by atoms with Crippen LogP contribution in [0.3, 0.4) is 0 Å². The van der Waals surface area contributed by atoms with Gasteiger partial charge in [-0.15, -0.1) is 0 Å². The maximum Gasteiger partial charge on any atom is 0.293 e. The third-order valence-corrected chi connectivity index (χ3v) is 6.65. The highest BCUT2D eigenvalue weighted by molar-refractivity contribution is 7.92. The summed E-state index contributed by atoms with van der Waals surface area (Å²) in [6, 6.07) is 19.2. The van der Waals surface area contributed by atoms with Crippen LogP contribution in [0.4, 0.5) is 17.1 Å². The molecule has 0 bridgehead atoms. The fourth-order valence-corrected chi connectivity index (χ4v) is 4.68. The van der Waals surface area contributed by atoms with Crippen LogP contribution < -0.4 is 9.62 Å². The largest absolute Gasteiger partial charge is 0.508 e. The summed E-state index contributed by atoms with van der Waals surface area (Å²) in [4.78, 5) is 10.9. The van der Waals surface area contributed by atoms with Crippen molar-refractivity contribution in [3.05, 3.63) is 88.5 Å². The first-order valence-electron chi connectivity index (χ1n) is 9.71. The van der Waals surface area contributed by atoms with Crippen molar-refractivity contribution in [2.24, 2.45) is 0 Å². The number of hydrogen-bond donors (Lipinski definition) is 2. The monoisotopic (exact) mass is 441 g/mol. The zero-order chi connectivity index (χ0) is 22.4. The highest BCUT2D eigenvalue weighted by Crippen LogP contribution is 2.30. The topological polar surface area (TPSA) is 113 Å². The Morgan fingerprint density at radius 3 is 2.32 bits per heavy atom. The minimum atomic E-state index is -3.97. The van der Waals surface area contributed by atoms with E-state index >= 15 is 0 Å². The maximum atomic E-state index is 13.1. The fourth-order valence-electron chi connectivity index (χ4n) is 3.19. The molecule has 0 radical (unpaired) electrons. The number of nitro groups is 1. The van der Waals surface area contributed by atoms with Gasteiger partial charge in [-0.25, -0.2) is 8.42 Å². The summed E-state index contributed by atoms with van der Waals surface area (Å²) in [6.45, 7) is 2.30. The molecule has 0 aliphatic heterocycles. The first kappa shape index (κ1) is 22.1. The van der Waals surface area contributed by atoms with E-state index in [1.807, 2.05) is 0 Å². The SMILES string of the molecule is CCN(c1ccccc1)S(=O)(=O)c1ccc(NCCc2ccc(O)cc2)c([N+](=O)[O-])c1. The van der Waals surface area contributed by atoms with Gasteiger partial charge in [0, 0.05) is 19.2 Å². The summed E-state index contributed by atoms with van der Waals surface area (Å²) < 4.78 is 27.5. The number of hydrogen-bond acceptors (Lipinski definition) is 6. The molecule has 0 saturated carbocycles. The summed E-state index contributed by atoms with van der Waals surface area (Å²) in [5.74, 6) is 0.167. The smallest absolute Gasteiger partial charge is 0.293 e. The molecule has 0 aliphatic carbocycles. The Kier molecular flexibility index (Phi) is 6.76. The van der Waals surface area contributed by atoms with E-state index in [2.05, 4.69) is 5.32 Å². The zero-order valence-electron chi connectivity index (χ0n) is 16.9. The van der Waals surface area contributed by atoms with E-state index in [0.717, 1.165) is 11.6 Å². The molecule has 0 unspecified atom stereocenters. The molecule has 0 amide bonds. The Morgan fingerprint density at radius 1 is 1.03 bits per heavy atom. The summed E-state index contributed by atoms with van der Waals surface area (Å²) in [6.07, 6.45) is 0.578. The molecule has 8 nitrogen and oxygen atoms in total. The minimum absolute atomic E-state index is 0.144. The number of phenolic OH excluding ortho intramolecular Hbond substituents is 1. The molecule has 0 spiro atoms. The number of phenols is 1. The van der Waals surface area contributed by atoms with Crippen molar-refractivity contribution < 1.29 is 18.4 Å². The Labute approximate surface area is 181 Å². The number of benzene rings is 3. The second-order valence-electron chi connectivity index (χ2n) is 6.78. The molecular formula is C22H23N3O5S. The molecule has 0 saturated heterocycles. The number of nitro benzene ring substituents is 1. The molecule has 3 rings (SSSR count). The molecule has 0 aliphatic rings. The lowest BCUT2D eigenvalue weighted by Gasteiger charge is -2.23. The third-order valence-electron chi connectivity index (χ3n) is 4.75. The average Bonchev–Trinajstić information content (AvgIpc) is 2.76. The first-order valence-corrected chi connectivity index (χ1v) is 11.1. The predicted octanol–water partition coefficient (Wildman–Crippen LogP) is 4.17. The van der Waals surface area contributed by atoms with Crippen molar-refractivity contribution in [1.29, 1.82) is 0 Å². The Bertz CT molecular complexity index is 1150. The van der Waals surface area contributed by atoms with Gasteiger partial charge in [0.05, 0.1) is 15.5 Å². The van der Waals surface area contributed by atoms with E-state index < -0.39 is 14.9 Å². The van der Waals surface area contributed by atoms with Crippen LogP contribution in [0, 0.1) is 10.1 Å². The van der Waals surface area contributed by atoms with Gasteiger partial charge in [0.1, 0.15) is 11.4 Å². The van der Waals surface area contributed by atoms with Crippen LogP contribution in [-0.4, -0.2) is 31.5 Å². The van der Waals surface area contributed by atoms with Crippen LogP contribution in [0.15, 0.2) is 77.7 Å². The average molecular weight is 442 g/mol. The van der Waals surface area contributed by atoms with Gasteiger partial charge in [-0.1, -0.05) is 30.3 Å². The second-order valence-corrected chi connectivity index (χ2v) is 8.65. The molecule has 3 aromatic carbocycles. The van der Waals surface area contributed by atoms with Crippen molar-refractivity contribution in [1.82, 2.24) is 0 Å². The van der Waals surface area contributed by atoms with E-state index in [-0.39, 0.29) is 28.6 Å². The maximum absolute atomic E-state index is 13.1. The van der Waals surface area contributed by atoms with Crippen LogP contribution in [0.5, 0.6) is 5.75 Å². The number of anilines is 2. The number of rotatable bonds is 9. The summed E-state index contributed by atoms with van der Waals surface area (Å²) >= 11 is 0. The normalized spacial score (nSPS) is 11.1. The van der Waals surface area contributed by atoms with E-state index in [0.29, 0.717) is 18.7 Å². The van der Waals surface area contributed by atoms with E-state index in [1.54, 1.807) is 61.5 Å². The lowest BCUT2D eigenvalue weighted by molar-refractivity contribution is -0.384. The molecule has 162 valence electrons. The van der Waals surface area contributed by atoms with Crippen LogP contribution in [-0.2, 0) is 16.4 Å². The third kappa shape index (κ3) is 5.13. The minimum Gasteiger partial charge on any atom is -0.508 e.